The van der Waals surface area contributed by atoms with Crippen LogP contribution in [0.2, 0.25) is 0 Å². The largest absolute Gasteiger partial charge is 0.466 e. The summed E-state index contributed by atoms with van der Waals surface area (Å²) in [6, 6.07) is 8.86. The number of aryl methyl sites for hydroxylation is 1. The fraction of sp³-hybridized carbons (Fsp3) is 0.267. The topological polar surface area (TPSA) is 62.5 Å². The van der Waals surface area contributed by atoms with Crippen LogP contribution in [0.25, 0.3) is 0 Å². The van der Waals surface area contributed by atoms with Gasteiger partial charge >= 0.3 is 0 Å². The average molecular weight is 338 g/mol. The summed E-state index contributed by atoms with van der Waals surface area (Å²) in [5.41, 5.74) is 0.359. The van der Waals surface area contributed by atoms with Gasteiger partial charge in [-0.1, -0.05) is 6.07 Å². The molecule has 20 heavy (non-hydrogen) atoms. The van der Waals surface area contributed by atoms with Crippen LogP contribution in [0.15, 0.2) is 45.5 Å². The fourth-order valence-electron chi connectivity index (χ4n) is 1.82. The summed E-state index contributed by atoms with van der Waals surface area (Å²) >= 11 is 3.37. The maximum Gasteiger partial charge on any atom is 0.252 e. The van der Waals surface area contributed by atoms with E-state index in [-0.39, 0.29) is 12.5 Å². The van der Waals surface area contributed by atoms with Gasteiger partial charge in [0.05, 0.1) is 18.4 Å². The molecular formula is C15H16BrNO3. The van der Waals surface area contributed by atoms with Crippen molar-refractivity contribution in [3.8, 4) is 0 Å². The van der Waals surface area contributed by atoms with Crippen LogP contribution in [0.3, 0.4) is 0 Å². The van der Waals surface area contributed by atoms with Crippen LogP contribution in [0.5, 0.6) is 0 Å². The molecule has 0 radical (unpaired) electrons. The van der Waals surface area contributed by atoms with E-state index in [1.54, 1.807) is 25.1 Å². The third-order valence-corrected chi connectivity index (χ3v) is 3.67. The Morgan fingerprint density at radius 1 is 1.45 bits per heavy atom. The Bertz CT molecular complexity index is 606. The Labute approximate surface area is 125 Å². The lowest BCUT2D eigenvalue weighted by Crippen LogP contribution is -2.38. The first-order valence-electron chi connectivity index (χ1n) is 6.21. The highest BCUT2D eigenvalue weighted by atomic mass is 79.9. The van der Waals surface area contributed by atoms with E-state index >= 15 is 0 Å². The lowest BCUT2D eigenvalue weighted by atomic mass is 10.0. The first kappa shape index (κ1) is 14.8. The zero-order valence-electron chi connectivity index (χ0n) is 11.3. The molecule has 0 aliphatic carbocycles. The van der Waals surface area contributed by atoms with Gasteiger partial charge in [0, 0.05) is 4.47 Å². The van der Waals surface area contributed by atoms with E-state index in [9.17, 15) is 9.90 Å². The first-order valence-corrected chi connectivity index (χ1v) is 7.00. The van der Waals surface area contributed by atoms with E-state index in [1.165, 1.54) is 6.26 Å². The van der Waals surface area contributed by atoms with Gasteiger partial charge in [0.15, 0.2) is 0 Å². The summed E-state index contributed by atoms with van der Waals surface area (Å²) < 4.78 is 5.89. The Kier molecular flexibility index (Phi) is 4.30. The number of hydrogen-bond donors (Lipinski definition) is 2. The quantitative estimate of drug-likeness (QED) is 0.901. The number of aliphatic hydroxyl groups is 1. The van der Waals surface area contributed by atoms with E-state index in [1.807, 2.05) is 19.1 Å². The number of carbonyl (C=O) groups is 1. The van der Waals surface area contributed by atoms with E-state index in [0.717, 1.165) is 10.0 Å². The monoisotopic (exact) mass is 337 g/mol. The number of amides is 1. The van der Waals surface area contributed by atoms with E-state index in [4.69, 9.17) is 4.42 Å². The second-order valence-electron chi connectivity index (χ2n) is 4.92. The van der Waals surface area contributed by atoms with Gasteiger partial charge in [0.2, 0.25) is 0 Å². The van der Waals surface area contributed by atoms with Crippen LogP contribution < -0.4 is 5.32 Å². The molecule has 0 saturated heterocycles. The minimum Gasteiger partial charge on any atom is -0.466 e. The molecule has 2 N–H and O–H groups in total. The number of carbonyl (C=O) groups excluding carboxylic acids is 1. The highest BCUT2D eigenvalue weighted by Crippen LogP contribution is 2.21. The number of halogens is 1. The predicted octanol–water partition coefficient (Wildman–Crippen LogP) is 2.99. The molecule has 1 atom stereocenters. The van der Waals surface area contributed by atoms with Crippen molar-refractivity contribution in [1.82, 2.24) is 5.32 Å². The van der Waals surface area contributed by atoms with Crippen molar-refractivity contribution in [2.24, 2.45) is 0 Å². The van der Waals surface area contributed by atoms with Crippen molar-refractivity contribution >= 4 is 21.8 Å². The zero-order valence-corrected chi connectivity index (χ0v) is 12.9. The van der Waals surface area contributed by atoms with Crippen molar-refractivity contribution in [2.75, 3.05) is 6.54 Å². The molecule has 1 unspecified atom stereocenters. The lowest BCUT2D eigenvalue weighted by Gasteiger charge is -2.21. The number of furan rings is 1. The van der Waals surface area contributed by atoms with Gasteiger partial charge in [0.25, 0.3) is 5.91 Å². The van der Waals surface area contributed by atoms with Crippen molar-refractivity contribution in [2.45, 2.75) is 19.4 Å². The van der Waals surface area contributed by atoms with Crippen LogP contribution >= 0.6 is 15.9 Å². The molecule has 0 bridgehead atoms. The molecule has 2 rings (SSSR count). The molecule has 4 nitrogen and oxygen atoms in total. The molecule has 0 spiro atoms. The van der Waals surface area contributed by atoms with Gasteiger partial charge in [-0.2, -0.15) is 0 Å². The third-order valence-electron chi connectivity index (χ3n) is 3.01. The second-order valence-corrected chi connectivity index (χ2v) is 5.77. The minimum absolute atomic E-state index is 0.0691. The molecule has 1 heterocycles. The van der Waals surface area contributed by atoms with Crippen molar-refractivity contribution in [3.05, 3.63) is 58.0 Å². The number of rotatable bonds is 4. The van der Waals surface area contributed by atoms with Gasteiger partial charge in [-0.3, -0.25) is 4.79 Å². The zero-order chi connectivity index (χ0) is 14.8. The third kappa shape index (κ3) is 3.29. The lowest BCUT2D eigenvalue weighted by molar-refractivity contribution is 0.0330. The Balaban J connectivity index is 2.05. The molecule has 0 aliphatic heterocycles. The van der Waals surface area contributed by atoms with E-state index < -0.39 is 5.60 Å². The number of hydrogen-bond acceptors (Lipinski definition) is 3. The summed E-state index contributed by atoms with van der Waals surface area (Å²) in [5.74, 6) is 0.171. The highest BCUT2D eigenvalue weighted by molar-refractivity contribution is 9.10. The molecule has 2 aromatic rings. The molecule has 0 aliphatic rings. The SMILES string of the molecule is Cc1ccc(C(=O)NCC(C)(O)c2ccco2)c(Br)c1. The van der Waals surface area contributed by atoms with Crippen molar-refractivity contribution in [1.29, 1.82) is 0 Å². The van der Waals surface area contributed by atoms with Gasteiger partial charge in [-0.25, -0.2) is 0 Å². The van der Waals surface area contributed by atoms with Gasteiger partial charge in [-0.15, -0.1) is 0 Å². The molecule has 1 aromatic heterocycles. The maximum absolute atomic E-state index is 12.1. The Hall–Kier alpha value is -1.59. The first-order chi connectivity index (χ1) is 9.40. The van der Waals surface area contributed by atoms with E-state index in [2.05, 4.69) is 21.2 Å². The number of benzene rings is 1. The molecule has 0 fully saturated rings. The maximum atomic E-state index is 12.1. The minimum atomic E-state index is -1.24. The molecule has 5 heteroatoms. The summed E-state index contributed by atoms with van der Waals surface area (Å²) in [5, 5.41) is 13.0. The molecule has 0 saturated carbocycles. The van der Waals surface area contributed by atoms with Crippen molar-refractivity contribution in [3.63, 3.8) is 0 Å². The highest BCUT2D eigenvalue weighted by Gasteiger charge is 2.27. The summed E-state index contributed by atoms with van der Waals surface area (Å²) in [4.78, 5) is 12.1. The number of nitrogens with one attached hydrogen (secondary N) is 1. The van der Waals surface area contributed by atoms with Gasteiger partial charge < -0.3 is 14.8 Å². The van der Waals surface area contributed by atoms with Crippen LogP contribution in [0.1, 0.15) is 28.6 Å². The van der Waals surface area contributed by atoms with Crippen molar-refractivity contribution < 1.29 is 14.3 Å². The van der Waals surface area contributed by atoms with E-state index in [0.29, 0.717) is 11.3 Å². The fourth-order valence-corrected chi connectivity index (χ4v) is 2.50. The summed E-state index contributed by atoms with van der Waals surface area (Å²) in [6.07, 6.45) is 1.49. The second kappa shape index (κ2) is 5.81. The summed E-state index contributed by atoms with van der Waals surface area (Å²) in [6.45, 7) is 3.62. The Morgan fingerprint density at radius 3 is 2.80 bits per heavy atom. The Morgan fingerprint density at radius 2 is 2.20 bits per heavy atom. The van der Waals surface area contributed by atoms with Crippen LogP contribution in [0.4, 0.5) is 0 Å². The standard InChI is InChI=1S/C15H16BrNO3/c1-10-5-6-11(12(16)8-10)14(18)17-9-15(2,19)13-4-3-7-20-13/h3-8,19H,9H2,1-2H3,(H,17,18). The van der Waals surface area contributed by atoms with Crippen LogP contribution in [-0.4, -0.2) is 17.6 Å². The van der Waals surface area contributed by atoms with Gasteiger partial charge in [0.1, 0.15) is 11.4 Å². The van der Waals surface area contributed by atoms with Crippen LogP contribution in [0, 0.1) is 6.92 Å². The molecule has 106 valence electrons. The van der Waals surface area contributed by atoms with Crippen LogP contribution in [-0.2, 0) is 5.60 Å². The predicted molar refractivity (Wildman–Crippen MR) is 79.5 cm³/mol. The molecular weight excluding hydrogens is 322 g/mol. The average Bonchev–Trinajstić information content (AvgIpc) is 2.90. The smallest absolute Gasteiger partial charge is 0.252 e. The normalized spacial score (nSPS) is 13.8. The van der Waals surface area contributed by atoms with Gasteiger partial charge in [-0.05, 0) is 59.6 Å². The molecule has 1 amide bonds. The molecule has 1 aromatic carbocycles. The summed E-state index contributed by atoms with van der Waals surface area (Å²) in [7, 11) is 0.